The molecule has 90 valence electrons. The van der Waals surface area contributed by atoms with Gasteiger partial charge in [0.05, 0.1) is 11.0 Å². The standard InChI is InChI=1S/C13H15NO3/c15-13(10-4-2-1-3-5-10)11-6-8-12(9-7-11)14(16)17/h2,4,6-10,13,15H,1,3,5H2/t10-,13+/m1/s1. The molecule has 2 atom stereocenters. The third-order valence-electron chi connectivity index (χ3n) is 3.14. The van der Waals surface area contributed by atoms with Crippen molar-refractivity contribution in [2.24, 2.45) is 5.92 Å². The summed E-state index contributed by atoms with van der Waals surface area (Å²) < 4.78 is 0. The van der Waals surface area contributed by atoms with Gasteiger partial charge in [-0.3, -0.25) is 10.1 Å². The molecule has 2 rings (SSSR count). The van der Waals surface area contributed by atoms with Crippen LogP contribution >= 0.6 is 0 Å². The van der Waals surface area contributed by atoms with Gasteiger partial charge in [0.25, 0.3) is 5.69 Å². The van der Waals surface area contributed by atoms with Crippen LogP contribution in [0.4, 0.5) is 5.69 Å². The Labute approximate surface area is 99.7 Å². The van der Waals surface area contributed by atoms with E-state index in [1.807, 2.05) is 6.08 Å². The van der Waals surface area contributed by atoms with Crippen LogP contribution in [0.1, 0.15) is 30.9 Å². The first-order valence-electron chi connectivity index (χ1n) is 5.77. The first kappa shape index (κ1) is 11.8. The van der Waals surface area contributed by atoms with E-state index in [-0.39, 0.29) is 11.6 Å². The summed E-state index contributed by atoms with van der Waals surface area (Å²) in [5.41, 5.74) is 0.798. The van der Waals surface area contributed by atoms with Gasteiger partial charge in [-0.15, -0.1) is 0 Å². The molecule has 0 saturated heterocycles. The number of non-ortho nitro benzene ring substituents is 1. The van der Waals surface area contributed by atoms with Gasteiger partial charge in [0.1, 0.15) is 0 Å². The van der Waals surface area contributed by atoms with Gasteiger partial charge in [0, 0.05) is 18.1 Å². The van der Waals surface area contributed by atoms with Gasteiger partial charge in [-0.25, -0.2) is 0 Å². The number of hydrogen-bond acceptors (Lipinski definition) is 3. The molecular weight excluding hydrogens is 218 g/mol. The lowest BCUT2D eigenvalue weighted by Crippen LogP contribution is -2.12. The monoisotopic (exact) mass is 233 g/mol. The fraction of sp³-hybridized carbons (Fsp3) is 0.385. The Balaban J connectivity index is 2.13. The van der Waals surface area contributed by atoms with Gasteiger partial charge in [0.15, 0.2) is 0 Å². The van der Waals surface area contributed by atoms with E-state index in [9.17, 15) is 15.2 Å². The molecule has 0 radical (unpaired) electrons. The summed E-state index contributed by atoms with van der Waals surface area (Å²) in [7, 11) is 0. The van der Waals surface area contributed by atoms with E-state index < -0.39 is 11.0 Å². The van der Waals surface area contributed by atoms with E-state index in [0.717, 1.165) is 24.8 Å². The highest BCUT2D eigenvalue weighted by Gasteiger charge is 2.20. The van der Waals surface area contributed by atoms with Crippen LogP contribution in [0.25, 0.3) is 0 Å². The van der Waals surface area contributed by atoms with Gasteiger partial charge in [0.2, 0.25) is 0 Å². The Bertz CT molecular complexity index is 425. The molecule has 0 heterocycles. The number of hydrogen-bond donors (Lipinski definition) is 1. The second-order valence-corrected chi connectivity index (χ2v) is 4.32. The van der Waals surface area contributed by atoms with Gasteiger partial charge in [-0.05, 0) is 37.0 Å². The Morgan fingerprint density at radius 3 is 2.59 bits per heavy atom. The molecule has 0 aliphatic heterocycles. The summed E-state index contributed by atoms with van der Waals surface area (Å²) in [6, 6.07) is 6.13. The summed E-state index contributed by atoms with van der Waals surface area (Å²) in [5, 5.41) is 20.7. The van der Waals surface area contributed by atoms with Crippen LogP contribution in [-0.4, -0.2) is 10.0 Å². The normalized spacial score (nSPS) is 21.1. The van der Waals surface area contributed by atoms with Crippen molar-refractivity contribution in [3.63, 3.8) is 0 Å². The Kier molecular flexibility index (Phi) is 3.54. The largest absolute Gasteiger partial charge is 0.388 e. The molecule has 4 heteroatoms. The third-order valence-corrected chi connectivity index (χ3v) is 3.14. The number of aliphatic hydroxyl groups is 1. The van der Waals surface area contributed by atoms with Crippen molar-refractivity contribution >= 4 is 5.69 Å². The lowest BCUT2D eigenvalue weighted by Gasteiger charge is -2.22. The fourth-order valence-corrected chi connectivity index (χ4v) is 2.14. The molecule has 0 bridgehead atoms. The molecule has 1 N–H and O–H groups in total. The Hall–Kier alpha value is -1.68. The summed E-state index contributed by atoms with van der Waals surface area (Å²) in [6.45, 7) is 0. The van der Waals surface area contributed by atoms with E-state index in [4.69, 9.17) is 0 Å². The number of allylic oxidation sites excluding steroid dienone is 1. The third kappa shape index (κ3) is 2.71. The zero-order valence-corrected chi connectivity index (χ0v) is 9.45. The predicted octanol–water partition coefficient (Wildman–Crippen LogP) is 2.98. The summed E-state index contributed by atoms with van der Waals surface area (Å²) in [5.74, 6) is 0.130. The van der Waals surface area contributed by atoms with Crippen molar-refractivity contribution in [1.82, 2.24) is 0 Å². The maximum atomic E-state index is 10.5. The number of nitro benzene ring substituents is 1. The van der Waals surface area contributed by atoms with E-state index >= 15 is 0 Å². The minimum atomic E-state index is -0.563. The van der Waals surface area contributed by atoms with Crippen LogP contribution in [0, 0.1) is 16.0 Å². The Morgan fingerprint density at radius 2 is 2.06 bits per heavy atom. The quantitative estimate of drug-likeness (QED) is 0.496. The maximum absolute atomic E-state index is 10.5. The van der Waals surface area contributed by atoms with Crippen LogP contribution in [0.5, 0.6) is 0 Å². The number of nitro groups is 1. The molecule has 1 aromatic carbocycles. The van der Waals surface area contributed by atoms with Crippen molar-refractivity contribution in [2.45, 2.75) is 25.4 Å². The summed E-state index contributed by atoms with van der Waals surface area (Å²) in [6.07, 6.45) is 6.69. The number of aliphatic hydroxyl groups excluding tert-OH is 1. The molecule has 0 aromatic heterocycles. The van der Waals surface area contributed by atoms with Gasteiger partial charge in [-0.2, -0.15) is 0 Å². The van der Waals surface area contributed by atoms with E-state index in [1.165, 1.54) is 12.1 Å². The molecule has 1 aliphatic carbocycles. The van der Waals surface area contributed by atoms with E-state index in [2.05, 4.69) is 6.08 Å². The molecule has 0 amide bonds. The number of benzene rings is 1. The SMILES string of the molecule is O=[N+]([O-])c1ccc([C@@H](O)[C@@H]2C=CCCC2)cc1. The molecule has 0 fully saturated rings. The summed E-state index contributed by atoms with van der Waals surface area (Å²) in [4.78, 5) is 10.1. The van der Waals surface area contributed by atoms with Crippen molar-refractivity contribution < 1.29 is 10.0 Å². The summed E-state index contributed by atoms with van der Waals surface area (Å²) >= 11 is 0. The molecule has 0 unspecified atom stereocenters. The van der Waals surface area contributed by atoms with Crippen LogP contribution < -0.4 is 0 Å². The van der Waals surface area contributed by atoms with Crippen LogP contribution in [-0.2, 0) is 0 Å². The van der Waals surface area contributed by atoms with E-state index in [1.54, 1.807) is 12.1 Å². The lowest BCUT2D eigenvalue weighted by molar-refractivity contribution is -0.384. The average molecular weight is 233 g/mol. The van der Waals surface area contributed by atoms with Crippen LogP contribution in [0.2, 0.25) is 0 Å². The van der Waals surface area contributed by atoms with Crippen molar-refractivity contribution in [3.05, 3.63) is 52.1 Å². The van der Waals surface area contributed by atoms with Crippen LogP contribution in [0.15, 0.2) is 36.4 Å². The van der Waals surface area contributed by atoms with E-state index in [0.29, 0.717) is 0 Å². The minimum absolute atomic E-state index is 0.0557. The average Bonchev–Trinajstić information content (AvgIpc) is 2.39. The molecule has 4 nitrogen and oxygen atoms in total. The van der Waals surface area contributed by atoms with Crippen molar-refractivity contribution in [2.75, 3.05) is 0 Å². The maximum Gasteiger partial charge on any atom is 0.269 e. The number of rotatable bonds is 3. The predicted molar refractivity (Wildman–Crippen MR) is 64.5 cm³/mol. The molecular formula is C13H15NO3. The smallest absolute Gasteiger partial charge is 0.269 e. The van der Waals surface area contributed by atoms with Gasteiger partial charge >= 0.3 is 0 Å². The molecule has 17 heavy (non-hydrogen) atoms. The highest BCUT2D eigenvalue weighted by Crippen LogP contribution is 2.30. The van der Waals surface area contributed by atoms with Crippen molar-refractivity contribution in [1.29, 1.82) is 0 Å². The van der Waals surface area contributed by atoms with Gasteiger partial charge < -0.3 is 5.11 Å². The second kappa shape index (κ2) is 5.10. The van der Waals surface area contributed by atoms with Gasteiger partial charge in [-0.1, -0.05) is 12.2 Å². The molecule has 1 aromatic rings. The first-order valence-corrected chi connectivity index (χ1v) is 5.77. The zero-order chi connectivity index (χ0) is 12.3. The lowest BCUT2D eigenvalue weighted by atomic mass is 9.87. The zero-order valence-electron chi connectivity index (χ0n) is 9.45. The molecule has 0 saturated carbocycles. The topological polar surface area (TPSA) is 63.4 Å². The Morgan fingerprint density at radius 1 is 1.35 bits per heavy atom. The second-order valence-electron chi connectivity index (χ2n) is 4.32. The minimum Gasteiger partial charge on any atom is -0.388 e. The number of nitrogens with zero attached hydrogens (tertiary/aromatic N) is 1. The molecule has 0 spiro atoms. The van der Waals surface area contributed by atoms with Crippen LogP contribution in [0.3, 0.4) is 0 Å². The van der Waals surface area contributed by atoms with Crippen molar-refractivity contribution in [3.8, 4) is 0 Å². The fourth-order valence-electron chi connectivity index (χ4n) is 2.14. The highest BCUT2D eigenvalue weighted by atomic mass is 16.6. The molecule has 1 aliphatic rings. The highest BCUT2D eigenvalue weighted by molar-refractivity contribution is 5.34. The first-order chi connectivity index (χ1) is 8.18.